The summed E-state index contributed by atoms with van der Waals surface area (Å²) in [4.78, 5) is 0. The maximum absolute atomic E-state index is 10.2. The average Bonchev–Trinajstić information content (AvgIpc) is 2.66. The Morgan fingerprint density at radius 2 is 1.70 bits per heavy atom. The molecule has 0 aliphatic rings. The molecule has 0 bridgehead atoms. The minimum atomic E-state index is -0.678. The second kappa shape index (κ2) is 9.74. The number of nitrogens with one attached hydrogen (secondary N) is 1. The van der Waals surface area contributed by atoms with Crippen molar-refractivity contribution in [2.45, 2.75) is 38.4 Å². The van der Waals surface area contributed by atoms with Crippen molar-refractivity contribution >= 4 is 0 Å². The van der Waals surface area contributed by atoms with Crippen molar-refractivity contribution in [1.82, 2.24) is 5.32 Å². The maximum Gasteiger partial charge on any atom is 0.123 e. The fourth-order valence-electron chi connectivity index (χ4n) is 2.77. The summed E-state index contributed by atoms with van der Waals surface area (Å²) in [6, 6.07) is 15.1. The molecule has 0 spiro atoms. The van der Waals surface area contributed by atoms with Gasteiger partial charge in [0.05, 0.1) is 13.2 Å². The van der Waals surface area contributed by atoms with E-state index in [1.54, 1.807) is 7.11 Å². The van der Waals surface area contributed by atoms with Crippen LogP contribution in [0.3, 0.4) is 0 Å². The van der Waals surface area contributed by atoms with E-state index in [-0.39, 0.29) is 12.0 Å². The van der Waals surface area contributed by atoms with Crippen molar-refractivity contribution in [3.05, 3.63) is 59.7 Å². The number of hydrogen-bond acceptors (Lipinski definition) is 5. The molecule has 0 fully saturated rings. The van der Waals surface area contributed by atoms with E-state index in [1.807, 2.05) is 48.5 Å². The van der Waals surface area contributed by atoms with Crippen molar-refractivity contribution in [3.8, 4) is 11.5 Å². The van der Waals surface area contributed by atoms with Gasteiger partial charge >= 0.3 is 0 Å². The highest BCUT2D eigenvalue weighted by Gasteiger charge is 2.20. The lowest BCUT2D eigenvalue weighted by Gasteiger charge is -2.24. The smallest absolute Gasteiger partial charge is 0.123 e. The van der Waals surface area contributed by atoms with Gasteiger partial charge in [-0.1, -0.05) is 51.1 Å². The summed E-state index contributed by atoms with van der Waals surface area (Å²) in [6.07, 6.45) is -1.28. The second-order valence-corrected chi connectivity index (χ2v) is 7.66. The lowest BCUT2D eigenvalue weighted by molar-refractivity contribution is 0.0986. The van der Waals surface area contributed by atoms with E-state index < -0.39 is 12.2 Å². The number of hydrogen-bond donors (Lipinski definition) is 3. The first-order valence-corrected chi connectivity index (χ1v) is 9.24. The maximum atomic E-state index is 10.2. The van der Waals surface area contributed by atoms with E-state index in [2.05, 4.69) is 26.1 Å². The number of benzene rings is 2. The van der Waals surface area contributed by atoms with Gasteiger partial charge in [0.2, 0.25) is 0 Å². The van der Waals surface area contributed by atoms with Gasteiger partial charge in [0.25, 0.3) is 0 Å². The van der Waals surface area contributed by atoms with Crippen LogP contribution < -0.4 is 14.8 Å². The van der Waals surface area contributed by atoms with Crippen molar-refractivity contribution in [2.24, 2.45) is 0 Å². The molecule has 27 heavy (non-hydrogen) atoms. The van der Waals surface area contributed by atoms with Crippen LogP contribution in [-0.4, -0.2) is 43.1 Å². The molecule has 2 aromatic rings. The van der Waals surface area contributed by atoms with Gasteiger partial charge in [0, 0.05) is 18.7 Å². The van der Waals surface area contributed by atoms with Gasteiger partial charge in [-0.15, -0.1) is 0 Å². The normalized spacial score (nSPS) is 13.9. The fraction of sp³-hybridized carbons (Fsp3) is 0.455. The SMILES string of the molecule is COc1ccc(OC[C@H](O)CNC[C@@H](O)c2ccccc2)c(C(C)(C)C)c1. The fourth-order valence-corrected chi connectivity index (χ4v) is 2.77. The molecule has 148 valence electrons. The molecular formula is C22H31NO4. The molecule has 0 saturated heterocycles. The second-order valence-electron chi connectivity index (χ2n) is 7.66. The summed E-state index contributed by atoms with van der Waals surface area (Å²) in [5.74, 6) is 1.52. The Balaban J connectivity index is 1.84. The Bertz CT molecular complexity index is 697. The van der Waals surface area contributed by atoms with Gasteiger partial charge < -0.3 is 25.0 Å². The molecule has 0 unspecified atom stereocenters. The molecule has 0 aliphatic heterocycles. The highest BCUT2D eigenvalue weighted by atomic mass is 16.5. The Kier molecular flexibility index (Phi) is 7.66. The number of rotatable bonds is 9. The molecule has 0 amide bonds. The van der Waals surface area contributed by atoms with Crippen LogP contribution in [0.1, 0.15) is 38.0 Å². The molecule has 0 aromatic heterocycles. The standard InChI is InChI=1S/C22H31NO4/c1-22(2,3)19-12-18(26-4)10-11-21(19)27-15-17(24)13-23-14-20(25)16-8-6-5-7-9-16/h5-12,17,20,23-25H,13-15H2,1-4H3/t17-,20-/m1/s1. The van der Waals surface area contributed by atoms with Crippen molar-refractivity contribution in [2.75, 3.05) is 26.8 Å². The van der Waals surface area contributed by atoms with Gasteiger partial charge in [-0.05, 0) is 29.2 Å². The molecule has 5 heteroatoms. The zero-order valence-corrected chi connectivity index (χ0v) is 16.6. The van der Waals surface area contributed by atoms with Gasteiger partial charge in [0.1, 0.15) is 24.2 Å². The van der Waals surface area contributed by atoms with E-state index in [1.165, 1.54) is 0 Å². The average molecular weight is 373 g/mol. The minimum absolute atomic E-state index is 0.104. The van der Waals surface area contributed by atoms with Crippen LogP contribution >= 0.6 is 0 Å². The predicted octanol–water partition coefficient (Wildman–Crippen LogP) is 3.06. The van der Waals surface area contributed by atoms with Crippen molar-refractivity contribution in [1.29, 1.82) is 0 Å². The third-order valence-electron chi connectivity index (χ3n) is 4.33. The van der Waals surface area contributed by atoms with Crippen LogP contribution in [-0.2, 0) is 5.41 Å². The Hall–Kier alpha value is -2.08. The summed E-state index contributed by atoms with van der Waals surface area (Å²) >= 11 is 0. The van der Waals surface area contributed by atoms with Gasteiger partial charge in [0.15, 0.2) is 0 Å². The lowest BCUT2D eigenvalue weighted by Crippen LogP contribution is -2.34. The third-order valence-corrected chi connectivity index (χ3v) is 4.33. The Morgan fingerprint density at radius 1 is 1.00 bits per heavy atom. The molecule has 0 heterocycles. The molecule has 3 N–H and O–H groups in total. The summed E-state index contributed by atoms with van der Waals surface area (Å²) in [6.45, 7) is 7.21. The minimum Gasteiger partial charge on any atom is -0.497 e. The first kappa shape index (κ1) is 21.2. The number of aliphatic hydroxyl groups is 2. The molecule has 0 radical (unpaired) electrons. The van der Waals surface area contributed by atoms with Crippen LogP contribution in [0.2, 0.25) is 0 Å². The van der Waals surface area contributed by atoms with Crippen LogP contribution in [0.25, 0.3) is 0 Å². The van der Waals surface area contributed by atoms with Crippen LogP contribution in [0.15, 0.2) is 48.5 Å². The quantitative estimate of drug-likeness (QED) is 0.630. The van der Waals surface area contributed by atoms with Crippen LogP contribution in [0.5, 0.6) is 11.5 Å². The van der Waals surface area contributed by atoms with E-state index in [4.69, 9.17) is 9.47 Å². The topological polar surface area (TPSA) is 71.0 Å². The summed E-state index contributed by atoms with van der Waals surface area (Å²) in [5.41, 5.74) is 1.78. The molecule has 5 nitrogen and oxygen atoms in total. The zero-order chi connectivity index (χ0) is 19.9. The summed E-state index contributed by atoms with van der Waals surface area (Å²) < 4.78 is 11.2. The Labute approximate surface area is 162 Å². The molecule has 2 rings (SSSR count). The number of ether oxygens (including phenoxy) is 2. The molecule has 2 aromatic carbocycles. The zero-order valence-electron chi connectivity index (χ0n) is 16.6. The third kappa shape index (κ3) is 6.54. The molecule has 2 atom stereocenters. The van der Waals surface area contributed by atoms with Crippen molar-refractivity contribution < 1.29 is 19.7 Å². The van der Waals surface area contributed by atoms with Gasteiger partial charge in [-0.2, -0.15) is 0 Å². The largest absolute Gasteiger partial charge is 0.497 e. The van der Waals surface area contributed by atoms with Gasteiger partial charge in [-0.25, -0.2) is 0 Å². The van der Waals surface area contributed by atoms with Gasteiger partial charge in [-0.3, -0.25) is 0 Å². The number of aliphatic hydroxyl groups excluding tert-OH is 2. The highest BCUT2D eigenvalue weighted by molar-refractivity contribution is 5.44. The van der Waals surface area contributed by atoms with Crippen LogP contribution in [0, 0.1) is 0 Å². The molecule has 0 aliphatic carbocycles. The van der Waals surface area contributed by atoms with E-state index in [0.29, 0.717) is 13.1 Å². The summed E-state index contributed by atoms with van der Waals surface area (Å²) in [5, 5.41) is 23.4. The summed E-state index contributed by atoms with van der Waals surface area (Å²) in [7, 11) is 1.64. The highest BCUT2D eigenvalue weighted by Crippen LogP contribution is 2.34. The van der Waals surface area contributed by atoms with Crippen molar-refractivity contribution in [3.63, 3.8) is 0 Å². The first-order chi connectivity index (χ1) is 12.8. The first-order valence-electron chi connectivity index (χ1n) is 9.24. The lowest BCUT2D eigenvalue weighted by atomic mass is 9.86. The van der Waals surface area contributed by atoms with Crippen LogP contribution in [0.4, 0.5) is 0 Å². The van der Waals surface area contributed by atoms with E-state index >= 15 is 0 Å². The monoisotopic (exact) mass is 373 g/mol. The Morgan fingerprint density at radius 3 is 2.33 bits per heavy atom. The van der Waals surface area contributed by atoms with E-state index in [0.717, 1.165) is 22.6 Å². The van der Waals surface area contributed by atoms with E-state index in [9.17, 15) is 10.2 Å². The predicted molar refractivity (Wildman–Crippen MR) is 107 cm³/mol. The molecule has 0 saturated carbocycles. The number of methoxy groups -OCH3 is 1. The molecular weight excluding hydrogens is 342 g/mol.